The third-order valence-corrected chi connectivity index (χ3v) is 3.43. The minimum absolute atomic E-state index is 0.317. The molecule has 0 saturated heterocycles. The van der Waals surface area contributed by atoms with Crippen molar-refractivity contribution in [3.05, 3.63) is 23.2 Å². The molecule has 0 aliphatic heterocycles. The lowest BCUT2D eigenvalue weighted by molar-refractivity contribution is -0.141. The average Bonchev–Trinajstić information content (AvgIpc) is 2.69. The fourth-order valence-corrected chi connectivity index (χ4v) is 2.61. The summed E-state index contributed by atoms with van der Waals surface area (Å²) in [4.78, 5) is 15.6. The van der Waals surface area contributed by atoms with E-state index < -0.39 is 6.04 Å². The van der Waals surface area contributed by atoms with Gasteiger partial charge in [-0.1, -0.05) is 22.9 Å². The van der Waals surface area contributed by atoms with Crippen LogP contribution in [-0.2, 0) is 9.53 Å². The van der Waals surface area contributed by atoms with E-state index in [2.05, 4.69) is 15.0 Å². The first-order valence-corrected chi connectivity index (χ1v) is 6.20. The molecule has 2 rings (SSSR count). The number of hydrogen-bond acceptors (Lipinski definition) is 5. The maximum atomic E-state index is 11.3. The topological polar surface area (TPSA) is 51.2 Å². The summed E-state index contributed by atoms with van der Waals surface area (Å²) in [6.07, 6.45) is 0. The number of ether oxygens (including phenoxy) is 1. The van der Waals surface area contributed by atoms with Gasteiger partial charge < -0.3 is 10.1 Å². The Morgan fingerprint density at radius 2 is 2.35 bits per heavy atom. The Hall–Kier alpha value is -1.33. The summed E-state index contributed by atoms with van der Waals surface area (Å²) in [6.45, 7) is 1.73. The highest BCUT2D eigenvalue weighted by Crippen LogP contribution is 2.28. The maximum Gasteiger partial charge on any atom is 0.328 e. The van der Waals surface area contributed by atoms with Crippen molar-refractivity contribution < 1.29 is 9.53 Å². The number of benzene rings is 1. The standard InChI is InChI=1S/C11H11ClN2O2S/c1-6(10(15)16-2)13-11-14-8-4-3-7(12)5-9(8)17-11/h3-6H,1-2H3,(H,13,14). The van der Waals surface area contributed by atoms with Crippen molar-refractivity contribution in [1.29, 1.82) is 0 Å². The molecule has 0 bridgehead atoms. The summed E-state index contributed by atoms with van der Waals surface area (Å²) in [5, 5.41) is 4.35. The van der Waals surface area contributed by atoms with Crippen molar-refractivity contribution in [3.63, 3.8) is 0 Å². The second-order valence-corrected chi connectivity index (χ2v) is 4.99. The molecule has 2 aromatic rings. The first-order valence-electron chi connectivity index (χ1n) is 5.00. The molecule has 1 unspecified atom stereocenters. The number of carbonyl (C=O) groups is 1. The smallest absolute Gasteiger partial charge is 0.328 e. The summed E-state index contributed by atoms with van der Waals surface area (Å²) in [5.41, 5.74) is 0.860. The van der Waals surface area contributed by atoms with E-state index in [0.29, 0.717) is 10.2 Å². The predicted molar refractivity (Wildman–Crippen MR) is 69.7 cm³/mol. The van der Waals surface area contributed by atoms with E-state index in [4.69, 9.17) is 11.6 Å². The van der Waals surface area contributed by atoms with Gasteiger partial charge in [-0.2, -0.15) is 0 Å². The summed E-state index contributed by atoms with van der Waals surface area (Å²) in [5.74, 6) is -0.317. The number of anilines is 1. The van der Waals surface area contributed by atoms with Gasteiger partial charge in [-0.05, 0) is 25.1 Å². The van der Waals surface area contributed by atoms with Crippen molar-refractivity contribution in [2.75, 3.05) is 12.4 Å². The molecule has 1 N–H and O–H groups in total. The molecule has 1 atom stereocenters. The van der Waals surface area contributed by atoms with Gasteiger partial charge in [0.2, 0.25) is 0 Å². The Morgan fingerprint density at radius 3 is 3.06 bits per heavy atom. The molecular weight excluding hydrogens is 260 g/mol. The Bertz CT molecular complexity index is 555. The van der Waals surface area contributed by atoms with Crippen LogP contribution in [0.5, 0.6) is 0 Å². The number of carbonyl (C=O) groups excluding carboxylic acids is 1. The van der Waals surface area contributed by atoms with Gasteiger partial charge in [-0.25, -0.2) is 9.78 Å². The Kier molecular flexibility index (Phi) is 3.49. The molecule has 1 aromatic carbocycles. The molecule has 0 fully saturated rings. The van der Waals surface area contributed by atoms with Crippen molar-refractivity contribution in [1.82, 2.24) is 4.98 Å². The minimum Gasteiger partial charge on any atom is -0.467 e. The number of halogens is 1. The number of esters is 1. The van der Waals surface area contributed by atoms with Crippen LogP contribution in [0.2, 0.25) is 5.02 Å². The quantitative estimate of drug-likeness (QED) is 0.872. The molecule has 6 heteroatoms. The van der Waals surface area contributed by atoms with Crippen LogP contribution in [-0.4, -0.2) is 24.1 Å². The SMILES string of the molecule is COC(=O)C(C)Nc1nc2ccc(Cl)cc2s1. The number of thiazole rings is 1. The fraction of sp³-hybridized carbons (Fsp3) is 0.273. The lowest BCUT2D eigenvalue weighted by Crippen LogP contribution is -2.26. The van der Waals surface area contributed by atoms with Gasteiger partial charge in [-0.3, -0.25) is 0 Å². The van der Waals surface area contributed by atoms with E-state index in [-0.39, 0.29) is 5.97 Å². The van der Waals surface area contributed by atoms with Crippen LogP contribution < -0.4 is 5.32 Å². The molecule has 0 radical (unpaired) electrons. The molecule has 90 valence electrons. The van der Waals surface area contributed by atoms with E-state index in [9.17, 15) is 4.79 Å². The molecule has 1 aromatic heterocycles. The molecule has 4 nitrogen and oxygen atoms in total. The van der Waals surface area contributed by atoms with Gasteiger partial charge in [0, 0.05) is 5.02 Å². The van der Waals surface area contributed by atoms with Gasteiger partial charge in [0.1, 0.15) is 6.04 Å². The second kappa shape index (κ2) is 4.89. The largest absolute Gasteiger partial charge is 0.467 e. The first kappa shape index (κ1) is 12.1. The third-order valence-electron chi connectivity index (χ3n) is 2.25. The molecule has 0 spiro atoms. The normalized spacial score (nSPS) is 12.4. The monoisotopic (exact) mass is 270 g/mol. The van der Waals surface area contributed by atoms with Crippen molar-refractivity contribution in [2.45, 2.75) is 13.0 Å². The zero-order chi connectivity index (χ0) is 12.4. The van der Waals surface area contributed by atoms with E-state index in [1.165, 1.54) is 18.4 Å². The van der Waals surface area contributed by atoms with Crippen LogP contribution in [0.1, 0.15) is 6.92 Å². The molecule has 0 aliphatic carbocycles. The van der Waals surface area contributed by atoms with Crippen LogP contribution >= 0.6 is 22.9 Å². The lowest BCUT2D eigenvalue weighted by atomic mass is 10.3. The summed E-state index contributed by atoms with van der Waals surface area (Å²) >= 11 is 7.34. The number of nitrogens with zero attached hydrogens (tertiary/aromatic N) is 1. The van der Waals surface area contributed by atoms with Crippen LogP contribution in [0.3, 0.4) is 0 Å². The molecule has 0 saturated carbocycles. The fourth-order valence-electron chi connectivity index (χ4n) is 1.38. The molecule has 0 aliphatic rings. The number of rotatable bonds is 3. The molecule has 0 amide bonds. The first-order chi connectivity index (χ1) is 8.10. The van der Waals surface area contributed by atoms with Crippen LogP contribution in [0.25, 0.3) is 10.2 Å². The Balaban J connectivity index is 2.22. The molecular formula is C11H11ClN2O2S. The number of nitrogens with one attached hydrogen (secondary N) is 1. The summed E-state index contributed by atoms with van der Waals surface area (Å²) in [6, 6.07) is 5.07. The highest BCUT2D eigenvalue weighted by molar-refractivity contribution is 7.22. The zero-order valence-electron chi connectivity index (χ0n) is 9.36. The van der Waals surface area contributed by atoms with Crippen molar-refractivity contribution >= 4 is 44.3 Å². The number of methoxy groups -OCH3 is 1. The van der Waals surface area contributed by atoms with E-state index in [0.717, 1.165) is 10.2 Å². The van der Waals surface area contributed by atoms with Gasteiger partial charge in [0.25, 0.3) is 0 Å². The summed E-state index contributed by atoms with van der Waals surface area (Å²) < 4.78 is 5.62. The maximum absolute atomic E-state index is 11.3. The average molecular weight is 271 g/mol. The Labute approximate surface area is 108 Å². The Morgan fingerprint density at radius 1 is 1.59 bits per heavy atom. The van der Waals surface area contributed by atoms with E-state index >= 15 is 0 Å². The highest BCUT2D eigenvalue weighted by Gasteiger charge is 2.14. The van der Waals surface area contributed by atoms with Gasteiger partial charge in [-0.15, -0.1) is 0 Å². The van der Waals surface area contributed by atoms with Crippen molar-refractivity contribution in [2.24, 2.45) is 0 Å². The van der Waals surface area contributed by atoms with Crippen LogP contribution in [0, 0.1) is 0 Å². The zero-order valence-corrected chi connectivity index (χ0v) is 10.9. The van der Waals surface area contributed by atoms with E-state index in [1.54, 1.807) is 13.0 Å². The second-order valence-electron chi connectivity index (χ2n) is 3.52. The number of aromatic nitrogens is 1. The van der Waals surface area contributed by atoms with Gasteiger partial charge >= 0.3 is 5.97 Å². The highest BCUT2D eigenvalue weighted by atomic mass is 35.5. The van der Waals surface area contributed by atoms with Gasteiger partial charge in [0.15, 0.2) is 5.13 Å². The van der Waals surface area contributed by atoms with Crippen LogP contribution in [0.15, 0.2) is 18.2 Å². The molecule has 17 heavy (non-hydrogen) atoms. The third kappa shape index (κ3) is 2.68. The predicted octanol–water partition coefficient (Wildman–Crippen LogP) is 2.92. The lowest BCUT2D eigenvalue weighted by Gasteiger charge is -2.09. The van der Waals surface area contributed by atoms with E-state index in [1.807, 2.05) is 12.1 Å². The number of fused-ring (bicyclic) bond motifs is 1. The molecule has 1 heterocycles. The van der Waals surface area contributed by atoms with Crippen molar-refractivity contribution in [3.8, 4) is 0 Å². The van der Waals surface area contributed by atoms with Crippen LogP contribution in [0.4, 0.5) is 5.13 Å². The van der Waals surface area contributed by atoms with Gasteiger partial charge in [0.05, 0.1) is 17.3 Å². The minimum atomic E-state index is -0.420. The number of hydrogen-bond donors (Lipinski definition) is 1. The summed E-state index contributed by atoms with van der Waals surface area (Å²) in [7, 11) is 1.36.